The number of benzene rings is 1. The summed E-state index contributed by atoms with van der Waals surface area (Å²) in [6, 6.07) is 8.72. The Morgan fingerprint density at radius 3 is 2.35 bits per heavy atom. The van der Waals surface area contributed by atoms with Gasteiger partial charge in [-0.1, -0.05) is 51.1 Å². The van der Waals surface area contributed by atoms with E-state index in [1.807, 2.05) is 32.9 Å². The first-order valence-corrected chi connectivity index (χ1v) is 6.80. The second-order valence-electron chi connectivity index (χ2n) is 6.03. The minimum absolute atomic E-state index is 0.0308. The zero-order valence-corrected chi connectivity index (χ0v) is 12.2. The number of hydrogen-bond acceptors (Lipinski definition) is 3. The fourth-order valence-electron chi connectivity index (χ4n) is 2.46. The van der Waals surface area contributed by atoms with Crippen molar-refractivity contribution in [1.82, 2.24) is 0 Å². The third-order valence-corrected chi connectivity index (χ3v) is 4.44. The number of rotatable bonds is 4. The first-order chi connectivity index (χ1) is 9.37. The summed E-state index contributed by atoms with van der Waals surface area (Å²) in [6.45, 7) is 5.84. The van der Waals surface area contributed by atoms with E-state index in [-0.39, 0.29) is 17.8 Å². The quantitative estimate of drug-likeness (QED) is 0.623. The SMILES string of the molecule is CC1(C)C=CCC1(C)C(=O)COC(=O)c1ccccc1. The van der Waals surface area contributed by atoms with Crippen molar-refractivity contribution >= 4 is 11.8 Å². The lowest BCUT2D eigenvalue weighted by molar-refractivity contribution is -0.135. The standard InChI is InChI=1S/C17H20O3/c1-16(2)10-7-11-17(16,3)14(18)12-20-15(19)13-8-5-4-6-9-13/h4-10H,11-12H2,1-3H3. The van der Waals surface area contributed by atoms with Gasteiger partial charge >= 0.3 is 5.97 Å². The van der Waals surface area contributed by atoms with Crippen LogP contribution in [0.25, 0.3) is 0 Å². The van der Waals surface area contributed by atoms with Crippen LogP contribution < -0.4 is 0 Å². The smallest absolute Gasteiger partial charge is 0.338 e. The first kappa shape index (κ1) is 14.5. The summed E-state index contributed by atoms with van der Waals surface area (Å²) in [5.41, 5.74) is -0.234. The highest BCUT2D eigenvalue weighted by Gasteiger charge is 2.47. The molecule has 0 radical (unpaired) electrons. The van der Waals surface area contributed by atoms with Gasteiger partial charge in [0.2, 0.25) is 0 Å². The van der Waals surface area contributed by atoms with Gasteiger partial charge in [0.25, 0.3) is 0 Å². The second-order valence-corrected chi connectivity index (χ2v) is 6.03. The Kier molecular flexibility index (Phi) is 3.80. The Balaban J connectivity index is 1.98. The Labute approximate surface area is 119 Å². The van der Waals surface area contributed by atoms with Crippen molar-refractivity contribution in [3.63, 3.8) is 0 Å². The minimum atomic E-state index is -0.496. The lowest BCUT2D eigenvalue weighted by Gasteiger charge is -2.36. The third-order valence-electron chi connectivity index (χ3n) is 4.44. The van der Waals surface area contributed by atoms with Gasteiger partial charge in [0.15, 0.2) is 12.4 Å². The molecule has 3 heteroatoms. The van der Waals surface area contributed by atoms with E-state index in [9.17, 15) is 9.59 Å². The molecule has 1 atom stereocenters. The van der Waals surface area contributed by atoms with Gasteiger partial charge in [0.1, 0.15) is 0 Å². The lowest BCUT2D eigenvalue weighted by Crippen LogP contribution is -2.40. The molecule has 106 valence electrons. The number of esters is 1. The van der Waals surface area contributed by atoms with Crippen LogP contribution in [0.1, 0.15) is 37.6 Å². The predicted octanol–water partition coefficient (Wildman–Crippen LogP) is 3.40. The van der Waals surface area contributed by atoms with E-state index in [1.165, 1.54) is 0 Å². The first-order valence-electron chi connectivity index (χ1n) is 6.80. The summed E-state index contributed by atoms with van der Waals surface area (Å²) in [5.74, 6) is -0.483. The van der Waals surface area contributed by atoms with E-state index in [4.69, 9.17) is 4.74 Å². The molecule has 20 heavy (non-hydrogen) atoms. The average Bonchev–Trinajstić information content (AvgIpc) is 2.71. The van der Waals surface area contributed by atoms with Crippen molar-refractivity contribution in [2.45, 2.75) is 27.2 Å². The van der Waals surface area contributed by atoms with E-state index in [0.29, 0.717) is 12.0 Å². The zero-order valence-electron chi connectivity index (χ0n) is 12.2. The number of allylic oxidation sites excluding steroid dienone is 2. The molecular formula is C17H20O3. The highest BCUT2D eigenvalue weighted by molar-refractivity contribution is 5.93. The molecule has 0 N–H and O–H groups in total. The van der Waals surface area contributed by atoms with Crippen molar-refractivity contribution in [1.29, 1.82) is 0 Å². The number of ether oxygens (including phenoxy) is 1. The van der Waals surface area contributed by atoms with Crippen LogP contribution in [-0.4, -0.2) is 18.4 Å². The normalized spacial score (nSPS) is 23.6. The molecule has 1 aromatic carbocycles. The zero-order chi connectivity index (χ0) is 14.8. The molecule has 1 aliphatic rings. The maximum Gasteiger partial charge on any atom is 0.338 e. The van der Waals surface area contributed by atoms with Crippen LogP contribution in [0, 0.1) is 10.8 Å². The van der Waals surface area contributed by atoms with Gasteiger partial charge in [-0.05, 0) is 24.0 Å². The summed E-state index contributed by atoms with van der Waals surface area (Å²) < 4.78 is 5.14. The Hall–Kier alpha value is -1.90. The van der Waals surface area contributed by atoms with Crippen LogP contribution in [0.3, 0.4) is 0 Å². The van der Waals surface area contributed by atoms with Gasteiger partial charge in [-0.3, -0.25) is 4.79 Å². The molecule has 0 bridgehead atoms. The van der Waals surface area contributed by atoms with E-state index in [1.54, 1.807) is 24.3 Å². The summed E-state index contributed by atoms with van der Waals surface area (Å²) in [4.78, 5) is 24.2. The molecule has 0 fully saturated rings. The Morgan fingerprint density at radius 1 is 1.15 bits per heavy atom. The van der Waals surface area contributed by atoms with Gasteiger partial charge in [0, 0.05) is 5.41 Å². The number of carbonyl (C=O) groups is 2. The van der Waals surface area contributed by atoms with Crippen LogP contribution >= 0.6 is 0 Å². The summed E-state index contributed by atoms with van der Waals surface area (Å²) in [6.07, 6.45) is 4.78. The van der Waals surface area contributed by atoms with Crippen molar-refractivity contribution in [2.24, 2.45) is 10.8 Å². The topological polar surface area (TPSA) is 43.4 Å². The van der Waals surface area contributed by atoms with Crippen LogP contribution in [-0.2, 0) is 9.53 Å². The lowest BCUT2D eigenvalue weighted by atomic mass is 9.66. The van der Waals surface area contributed by atoms with E-state index in [2.05, 4.69) is 6.08 Å². The Bertz CT molecular complexity index is 543. The summed E-state index contributed by atoms with van der Waals surface area (Å²) >= 11 is 0. The van der Waals surface area contributed by atoms with E-state index < -0.39 is 11.4 Å². The van der Waals surface area contributed by atoms with Gasteiger partial charge in [0.05, 0.1) is 5.56 Å². The van der Waals surface area contributed by atoms with Gasteiger partial charge in [-0.15, -0.1) is 0 Å². The molecule has 1 aromatic rings. The molecule has 0 heterocycles. The van der Waals surface area contributed by atoms with Crippen LogP contribution in [0.4, 0.5) is 0 Å². The average molecular weight is 272 g/mol. The van der Waals surface area contributed by atoms with Gasteiger partial charge in [-0.25, -0.2) is 4.79 Å². The van der Waals surface area contributed by atoms with Crippen LogP contribution in [0.2, 0.25) is 0 Å². The highest BCUT2D eigenvalue weighted by Crippen LogP contribution is 2.48. The van der Waals surface area contributed by atoms with Crippen LogP contribution in [0.5, 0.6) is 0 Å². The number of carbonyl (C=O) groups excluding carboxylic acids is 2. The summed E-state index contributed by atoms with van der Waals surface area (Å²) in [5, 5.41) is 0. The molecular weight excluding hydrogens is 252 g/mol. The molecule has 0 aromatic heterocycles. The number of hydrogen-bond donors (Lipinski definition) is 0. The van der Waals surface area contributed by atoms with E-state index >= 15 is 0 Å². The molecule has 0 amide bonds. The fourth-order valence-corrected chi connectivity index (χ4v) is 2.46. The van der Waals surface area contributed by atoms with Crippen molar-refractivity contribution in [3.8, 4) is 0 Å². The molecule has 1 unspecified atom stereocenters. The predicted molar refractivity (Wildman–Crippen MR) is 77.4 cm³/mol. The molecule has 0 saturated heterocycles. The van der Waals surface area contributed by atoms with Gasteiger partial charge < -0.3 is 4.74 Å². The highest BCUT2D eigenvalue weighted by atomic mass is 16.5. The third kappa shape index (κ3) is 2.53. The Morgan fingerprint density at radius 2 is 1.80 bits per heavy atom. The van der Waals surface area contributed by atoms with E-state index in [0.717, 1.165) is 0 Å². The molecule has 3 nitrogen and oxygen atoms in total. The number of Topliss-reactive ketones (excluding diaryl/α,β-unsaturated/α-hetero) is 1. The molecule has 0 saturated carbocycles. The fraction of sp³-hybridized carbons (Fsp3) is 0.412. The number of ketones is 1. The monoisotopic (exact) mass is 272 g/mol. The van der Waals surface area contributed by atoms with Crippen LogP contribution in [0.15, 0.2) is 42.5 Å². The molecule has 0 aliphatic heterocycles. The molecule has 0 spiro atoms. The van der Waals surface area contributed by atoms with Crippen molar-refractivity contribution in [2.75, 3.05) is 6.61 Å². The minimum Gasteiger partial charge on any atom is -0.454 e. The van der Waals surface area contributed by atoms with Crippen molar-refractivity contribution < 1.29 is 14.3 Å². The molecule has 1 aliphatic carbocycles. The van der Waals surface area contributed by atoms with Gasteiger partial charge in [-0.2, -0.15) is 0 Å². The van der Waals surface area contributed by atoms with Crippen molar-refractivity contribution in [3.05, 3.63) is 48.0 Å². The maximum atomic E-state index is 12.4. The largest absolute Gasteiger partial charge is 0.454 e. The maximum absolute atomic E-state index is 12.4. The summed E-state index contributed by atoms with van der Waals surface area (Å²) in [7, 11) is 0. The molecule has 2 rings (SSSR count). The second kappa shape index (κ2) is 5.23.